The molecule has 6 nitrogen and oxygen atoms in total. The molecule has 16 heavy (non-hydrogen) atoms. The number of aromatic nitrogens is 2. The number of nitriles is 1. The minimum atomic E-state index is -0.542. The van der Waals surface area contributed by atoms with Crippen molar-refractivity contribution in [2.45, 2.75) is 25.8 Å². The van der Waals surface area contributed by atoms with Gasteiger partial charge in [-0.05, 0) is 19.9 Å². The van der Waals surface area contributed by atoms with Crippen molar-refractivity contribution in [3.05, 3.63) is 18.0 Å². The van der Waals surface area contributed by atoms with Gasteiger partial charge in [0.05, 0.1) is 0 Å². The molecule has 6 heteroatoms. The Labute approximate surface area is 93.5 Å². The largest absolute Gasteiger partial charge is 0.370 e. The van der Waals surface area contributed by atoms with Gasteiger partial charge in [-0.25, -0.2) is 9.97 Å². The van der Waals surface area contributed by atoms with Crippen LogP contribution in [0.3, 0.4) is 0 Å². The summed E-state index contributed by atoms with van der Waals surface area (Å²) in [7, 11) is 0. The predicted octanol–water partition coefficient (Wildman–Crippen LogP) is 0.414. The van der Waals surface area contributed by atoms with Crippen molar-refractivity contribution in [1.82, 2.24) is 9.97 Å². The molecule has 0 saturated carbocycles. The second kappa shape index (κ2) is 4.57. The lowest BCUT2D eigenvalue weighted by molar-refractivity contribution is -0.118. The fraction of sp³-hybridized carbons (Fsp3) is 0.400. The maximum absolute atomic E-state index is 10.8. The van der Waals surface area contributed by atoms with Crippen molar-refractivity contribution in [2.24, 2.45) is 5.73 Å². The molecule has 0 aliphatic carbocycles. The fourth-order valence-corrected chi connectivity index (χ4v) is 1.26. The van der Waals surface area contributed by atoms with Crippen molar-refractivity contribution >= 4 is 11.9 Å². The molecule has 0 spiro atoms. The van der Waals surface area contributed by atoms with Gasteiger partial charge in [0.25, 0.3) is 0 Å². The van der Waals surface area contributed by atoms with Crippen LogP contribution in [0.25, 0.3) is 0 Å². The molecule has 0 aliphatic heterocycles. The van der Waals surface area contributed by atoms with Crippen LogP contribution in [0.4, 0.5) is 5.95 Å². The van der Waals surface area contributed by atoms with Crippen LogP contribution in [0.5, 0.6) is 0 Å². The first-order chi connectivity index (χ1) is 7.43. The summed E-state index contributed by atoms with van der Waals surface area (Å²) in [6.45, 7) is 3.61. The van der Waals surface area contributed by atoms with Gasteiger partial charge in [-0.1, -0.05) is 0 Å². The monoisotopic (exact) mass is 219 g/mol. The number of nitrogens with one attached hydrogen (secondary N) is 1. The van der Waals surface area contributed by atoms with Crippen molar-refractivity contribution < 1.29 is 4.79 Å². The average Bonchev–Trinajstić information content (AvgIpc) is 2.15. The van der Waals surface area contributed by atoms with Crippen LogP contribution in [0.1, 0.15) is 26.0 Å². The van der Waals surface area contributed by atoms with E-state index in [1.165, 1.54) is 12.3 Å². The van der Waals surface area contributed by atoms with Crippen LogP contribution < -0.4 is 11.1 Å². The first-order valence-corrected chi connectivity index (χ1v) is 4.72. The second-order valence-electron chi connectivity index (χ2n) is 4.03. The zero-order valence-electron chi connectivity index (χ0n) is 9.19. The first kappa shape index (κ1) is 11.9. The smallest absolute Gasteiger partial charge is 0.224 e. The third-order valence-electron chi connectivity index (χ3n) is 1.84. The molecule has 0 unspecified atom stereocenters. The van der Waals surface area contributed by atoms with Gasteiger partial charge in [0.15, 0.2) is 0 Å². The molecule has 1 amide bonds. The topological polar surface area (TPSA) is 105 Å². The maximum atomic E-state index is 10.8. The van der Waals surface area contributed by atoms with Crippen LogP contribution in [-0.2, 0) is 4.79 Å². The normalized spacial score (nSPS) is 10.6. The molecule has 0 fully saturated rings. The number of anilines is 1. The van der Waals surface area contributed by atoms with Gasteiger partial charge in [0, 0.05) is 18.2 Å². The number of nitrogens with two attached hydrogens (primary N) is 1. The second-order valence-corrected chi connectivity index (χ2v) is 4.03. The van der Waals surface area contributed by atoms with Crippen molar-refractivity contribution in [3.8, 4) is 6.07 Å². The summed E-state index contributed by atoms with van der Waals surface area (Å²) in [5, 5.41) is 11.6. The molecule has 0 bridgehead atoms. The molecule has 1 rings (SSSR count). The highest BCUT2D eigenvalue weighted by Gasteiger charge is 2.21. The molecule has 3 N–H and O–H groups in total. The van der Waals surface area contributed by atoms with Gasteiger partial charge in [-0.3, -0.25) is 4.79 Å². The van der Waals surface area contributed by atoms with Gasteiger partial charge >= 0.3 is 0 Å². The van der Waals surface area contributed by atoms with Gasteiger partial charge in [-0.15, -0.1) is 0 Å². The van der Waals surface area contributed by atoms with Crippen LogP contribution >= 0.6 is 0 Å². The van der Waals surface area contributed by atoms with E-state index in [0.717, 1.165) is 0 Å². The van der Waals surface area contributed by atoms with E-state index in [4.69, 9.17) is 11.0 Å². The van der Waals surface area contributed by atoms with Crippen LogP contribution in [0.2, 0.25) is 0 Å². The number of rotatable bonds is 4. The number of carbonyl (C=O) groups is 1. The summed E-state index contributed by atoms with van der Waals surface area (Å²) < 4.78 is 0. The van der Waals surface area contributed by atoms with Crippen LogP contribution in [0.15, 0.2) is 12.3 Å². The van der Waals surface area contributed by atoms with E-state index in [-0.39, 0.29) is 12.1 Å². The van der Waals surface area contributed by atoms with E-state index in [1.807, 2.05) is 6.07 Å². The third-order valence-corrected chi connectivity index (χ3v) is 1.84. The molecule has 1 aromatic heterocycles. The zero-order valence-corrected chi connectivity index (χ0v) is 9.19. The fourth-order valence-electron chi connectivity index (χ4n) is 1.26. The summed E-state index contributed by atoms with van der Waals surface area (Å²) >= 11 is 0. The van der Waals surface area contributed by atoms with Gasteiger partial charge in [0.1, 0.15) is 11.8 Å². The average molecular weight is 219 g/mol. The Kier molecular flexibility index (Phi) is 3.40. The quantitative estimate of drug-likeness (QED) is 0.763. The minimum Gasteiger partial charge on any atom is -0.370 e. The molecular weight excluding hydrogens is 206 g/mol. The van der Waals surface area contributed by atoms with E-state index < -0.39 is 11.4 Å². The first-order valence-electron chi connectivity index (χ1n) is 4.72. The number of carbonyl (C=O) groups excluding carboxylic acids is 1. The van der Waals surface area contributed by atoms with Crippen molar-refractivity contribution in [2.75, 3.05) is 5.32 Å². The molecule has 0 aliphatic rings. The van der Waals surface area contributed by atoms with E-state index in [9.17, 15) is 4.79 Å². The number of nitrogens with zero attached hydrogens (tertiary/aromatic N) is 3. The van der Waals surface area contributed by atoms with Crippen LogP contribution in [0, 0.1) is 11.3 Å². The van der Waals surface area contributed by atoms with E-state index in [0.29, 0.717) is 5.95 Å². The maximum Gasteiger partial charge on any atom is 0.224 e. The summed E-state index contributed by atoms with van der Waals surface area (Å²) in [4.78, 5) is 18.7. The van der Waals surface area contributed by atoms with Crippen molar-refractivity contribution in [3.63, 3.8) is 0 Å². The Bertz CT molecular complexity index is 435. The highest BCUT2D eigenvalue weighted by atomic mass is 16.1. The molecular formula is C10H13N5O. The lowest BCUT2D eigenvalue weighted by atomic mass is 10.0. The molecule has 0 saturated heterocycles. The predicted molar refractivity (Wildman–Crippen MR) is 58.3 cm³/mol. The van der Waals surface area contributed by atoms with E-state index >= 15 is 0 Å². The Hall–Kier alpha value is -2.16. The Morgan fingerprint density at radius 1 is 1.69 bits per heavy atom. The Morgan fingerprint density at radius 2 is 2.38 bits per heavy atom. The lowest BCUT2D eigenvalue weighted by Crippen LogP contribution is -2.36. The standard InChI is InChI=1S/C10H13N5O/c1-10(2,5-8(12)16)15-9-13-4-3-7(6-11)14-9/h3-4H,5H2,1-2H3,(H2,12,16)(H,13,14,15). The van der Waals surface area contributed by atoms with E-state index in [1.54, 1.807) is 13.8 Å². The highest BCUT2D eigenvalue weighted by Crippen LogP contribution is 2.14. The van der Waals surface area contributed by atoms with Crippen LogP contribution in [-0.4, -0.2) is 21.4 Å². The van der Waals surface area contributed by atoms with Gasteiger partial charge in [-0.2, -0.15) is 5.26 Å². The van der Waals surface area contributed by atoms with Gasteiger partial charge < -0.3 is 11.1 Å². The summed E-state index contributed by atoms with van der Waals surface area (Å²) in [5.74, 6) is -0.0979. The molecule has 0 radical (unpaired) electrons. The third kappa shape index (κ3) is 3.53. The summed E-state index contributed by atoms with van der Waals surface area (Å²) in [6, 6.07) is 3.42. The van der Waals surface area contributed by atoms with Crippen molar-refractivity contribution in [1.29, 1.82) is 5.26 Å². The lowest BCUT2D eigenvalue weighted by Gasteiger charge is -2.24. The minimum absolute atomic E-state index is 0.160. The highest BCUT2D eigenvalue weighted by molar-refractivity contribution is 5.75. The Balaban J connectivity index is 2.80. The molecule has 0 aromatic carbocycles. The number of hydrogen-bond acceptors (Lipinski definition) is 5. The van der Waals surface area contributed by atoms with E-state index in [2.05, 4.69) is 15.3 Å². The molecule has 0 atom stereocenters. The number of hydrogen-bond donors (Lipinski definition) is 2. The molecule has 1 heterocycles. The molecule has 1 aromatic rings. The summed E-state index contributed by atoms with van der Waals surface area (Å²) in [6.07, 6.45) is 1.64. The van der Waals surface area contributed by atoms with Gasteiger partial charge in [0.2, 0.25) is 11.9 Å². The SMILES string of the molecule is CC(C)(CC(N)=O)Nc1nccc(C#N)n1. The molecule has 84 valence electrons. The number of amides is 1. The summed E-state index contributed by atoms with van der Waals surface area (Å²) in [5.41, 5.74) is 4.85. The number of primary amides is 1. The Morgan fingerprint density at radius 3 is 2.94 bits per heavy atom. The zero-order chi connectivity index (χ0) is 12.2.